The molecule has 0 bridgehead atoms. The van der Waals surface area contributed by atoms with Gasteiger partial charge in [0.25, 0.3) is 0 Å². The van der Waals surface area contributed by atoms with Crippen LogP contribution in [0.2, 0.25) is 0 Å². The Morgan fingerprint density at radius 2 is 1.95 bits per heavy atom. The van der Waals surface area contributed by atoms with Gasteiger partial charge in [-0.25, -0.2) is 13.1 Å². The van der Waals surface area contributed by atoms with Crippen LogP contribution in [-0.4, -0.2) is 27.4 Å². The van der Waals surface area contributed by atoms with Crippen molar-refractivity contribution >= 4 is 21.6 Å². The Labute approximate surface area is 113 Å². The molecule has 19 heavy (non-hydrogen) atoms. The average molecular weight is 285 g/mol. The molecule has 1 amide bonds. The fourth-order valence-electron chi connectivity index (χ4n) is 1.39. The van der Waals surface area contributed by atoms with Crippen molar-refractivity contribution < 1.29 is 13.2 Å². The Hall–Kier alpha value is -1.44. The van der Waals surface area contributed by atoms with Gasteiger partial charge in [-0.1, -0.05) is 19.9 Å². The van der Waals surface area contributed by atoms with E-state index in [2.05, 4.69) is 10.0 Å². The minimum atomic E-state index is -3.53. The second-order valence-corrected chi connectivity index (χ2v) is 6.38. The molecule has 1 unspecified atom stereocenters. The number of hydrogen-bond donors (Lipinski definition) is 3. The zero-order valence-corrected chi connectivity index (χ0v) is 12.0. The average Bonchev–Trinajstić information content (AvgIpc) is 2.37. The monoisotopic (exact) mass is 285 g/mol. The topological polar surface area (TPSA) is 101 Å². The maximum atomic E-state index is 11.8. The van der Waals surface area contributed by atoms with Crippen molar-refractivity contribution in [1.29, 1.82) is 0 Å². The third-order valence-electron chi connectivity index (χ3n) is 2.70. The van der Waals surface area contributed by atoms with E-state index in [1.54, 1.807) is 12.1 Å². The van der Waals surface area contributed by atoms with Crippen molar-refractivity contribution in [3.63, 3.8) is 0 Å². The fraction of sp³-hybridized carbons (Fsp3) is 0.417. The van der Waals surface area contributed by atoms with Crippen LogP contribution < -0.4 is 15.8 Å². The highest BCUT2D eigenvalue weighted by Crippen LogP contribution is 2.15. The van der Waals surface area contributed by atoms with E-state index in [-0.39, 0.29) is 16.7 Å². The summed E-state index contributed by atoms with van der Waals surface area (Å²) in [6.07, 6.45) is 0. The third-order valence-corrected chi connectivity index (χ3v) is 4.11. The van der Waals surface area contributed by atoms with Gasteiger partial charge in [0.2, 0.25) is 15.9 Å². The van der Waals surface area contributed by atoms with Crippen LogP contribution >= 0.6 is 0 Å². The third kappa shape index (κ3) is 4.02. The van der Waals surface area contributed by atoms with Gasteiger partial charge in [-0.05, 0) is 31.2 Å². The number of benzene rings is 1. The SMILES string of the molecule is CNS(=O)(=O)c1cccc(NC(=O)C(N)C(C)C)c1. The van der Waals surface area contributed by atoms with Gasteiger partial charge in [0, 0.05) is 5.69 Å². The first-order valence-corrected chi connectivity index (χ1v) is 7.36. The molecule has 0 aliphatic carbocycles. The van der Waals surface area contributed by atoms with Gasteiger partial charge < -0.3 is 11.1 Å². The Kier molecular flexibility index (Phi) is 5.04. The molecule has 0 saturated heterocycles. The smallest absolute Gasteiger partial charge is 0.241 e. The lowest BCUT2D eigenvalue weighted by Gasteiger charge is -2.15. The van der Waals surface area contributed by atoms with E-state index in [0.717, 1.165) is 0 Å². The molecule has 7 heteroatoms. The Bertz CT molecular complexity index is 555. The van der Waals surface area contributed by atoms with E-state index < -0.39 is 16.1 Å². The van der Waals surface area contributed by atoms with Crippen LogP contribution in [0.3, 0.4) is 0 Å². The van der Waals surface area contributed by atoms with E-state index in [1.165, 1.54) is 19.2 Å². The van der Waals surface area contributed by atoms with Crippen LogP contribution in [-0.2, 0) is 14.8 Å². The lowest BCUT2D eigenvalue weighted by Crippen LogP contribution is -2.39. The lowest BCUT2D eigenvalue weighted by molar-refractivity contribution is -0.118. The summed E-state index contributed by atoms with van der Waals surface area (Å²) in [5, 5.41) is 2.60. The van der Waals surface area contributed by atoms with Crippen molar-refractivity contribution in [3.05, 3.63) is 24.3 Å². The number of nitrogens with two attached hydrogens (primary N) is 1. The van der Waals surface area contributed by atoms with Crippen molar-refractivity contribution in [2.75, 3.05) is 12.4 Å². The molecule has 0 saturated carbocycles. The first-order chi connectivity index (χ1) is 8.77. The predicted octanol–water partition coefficient (Wildman–Crippen LogP) is 0.516. The Morgan fingerprint density at radius 3 is 2.47 bits per heavy atom. The molecule has 1 aromatic rings. The number of carbonyl (C=O) groups is 1. The summed E-state index contributed by atoms with van der Waals surface area (Å²) in [5.74, 6) is -0.335. The molecule has 106 valence electrons. The van der Waals surface area contributed by atoms with Crippen LogP contribution in [0.5, 0.6) is 0 Å². The summed E-state index contributed by atoms with van der Waals surface area (Å²) in [4.78, 5) is 11.9. The molecule has 0 aliphatic heterocycles. The molecule has 0 aliphatic rings. The summed E-state index contributed by atoms with van der Waals surface area (Å²) >= 11 is 0. The number of anilines is 1. The molecule has 1 atom stereocenters. The molecular weight excluding hydrogens is 266 g/mol. The molecule has 0 heterocycles. The van der Waals surface area contributed by atoms with Gasteiger partial charge in [-0.3, -0.25) is 4.79 Å². The predicted molar refractivity (Wildman–Crippen MR) is 74.1 cm³/mol. The van der Waals surface area contributed by atoms with Gasteiger partial charge in [-0.15, -0.1) is 0 Å². The zero-order chi connectivity index (χ0) is 14.6. The van der Waals surface area contributed by atoms with E-state index in [4.69, 9.17) is 5.73 Å². The molecule has 0 aromatic heterocycles. The van der Waals surface area contributed by atoms with Gasteiger partial charge in [0.15, 0.2) is 0 Å². The van der Waals surface area contributed by atoms with Gasteiger partial charge >= 0.3 is 0 Å². The standard InChI is InChI=1S/C12H19N3O3S/c1-8(2)11(13)12(16)15-9-5-4-6-10(7-9)19(17,18)14-3/h4-8,11,14H,13H2,1-3H3,(H,15,16). The highest BCUT2D eigenvalue weighted by atomic mass is 32.2. The maximum absolute atomic E-state index is 11.8. The van der Waals surface area contributed by atoms with E-state index >= 15 is 0 Å². The molecular formula is C12H19N3O3S. The second-order valence-electron chi connectivity index (χ2n) is 4.49. The van der Waals surface area contributed by atoms with Crippen LogP contribution in [0.4, 0.5) is 5.69 Å². The normalized spacial score (nSPS) is 13.3. The highest BCUT2D eigenvalue weighted by Gasteiger charge is 2.18. The number of nitrogens with one attached hydrogen (secondary N) is 2. The molecule has 6 nitrogen and oxygen atoms in total. The summed E-state index contributed by atoms with van der Waals surface area (Å²) < 4.78 is 25.5. The first kappa shape index (κ1) is 15.6. The Balaban J connectivity index is 2.93. The van der Waals surface area contributed by atoms with Gasteiger partial charge in [-0.2, -0.15) is 0 Å². The van der Waals surface area contributed by atoms with Crippen LogP contribution in [0.15, 0.2) is 29.2 Å². The van der Waals surface area contributed by atoms with Crippen LogP contribution in [0.25, 0.3) is 0 Å². The number of sulfonamides is 1. The van der Waals surface area contributed by atoms with Crippen molar-refractivity contribution in [2.45, 2.75) is 24.8 Å². The van der Waals surface area contributed by atoms with Gasteiger partial charge in [0.05, 0.1) is 10.9 Å². The molecule has 4 N–H and O–H groups in total. The minimum absolute atomic E-state index is 0.00391. The number of hydrogen-bond acceptors (Lipinski definition) is 4. The van der Waals surface area contributed by atoms with Gasteiger partial charge in [0.1, 0.15) is 0 Å². The van der Waals surface area contributed by atoms with Crippen LogP contribution in [0.1, 0.15) is 13.8 Å². The highest BCUT2D eigenvalue weighted by molar-refractivity contribution is 7.89. The maximum Gasteiger partial charge on any atom is 0.241 e. The van der Waals surface area contributed by atoms with E-state index in [0.29, 0.717) is 5.69 Å². The van der Waals surface area contributed by atoms with E-state index in [1.807, 2.05) is 13.8 Å². The fourth-order valence-corrected chi connectivity index (χ4v) is 2.16. The number of amides is 1. The molecule has 0 spiro atoms. The quantitative estimate of drug-likeness (QED) is 0.734. The zero-order valence-electron chi connectivity index (χ0n) is 11.2. The van der Waals surface area contributed by atoms with Crippen molar-refractivity contribution in [1.82, 2.24) is 4.72 Å². The summed E-state index contributed by atoms with van der Waals surface area (Å²) in [6.45, 7) is 3.68. The van der Waals surface area contributed by atoms with E-state index in [9.17, 15) is 13.2 Å². The molecule has 1 aromatic carbocycles. The number of rotatable bonds is 5. The molecule has 0 radical (unpaired) electrons. The largest absolute Gasteiger partial charge is 0.325 e. The molecule has 0 fully saturated rings. The lowest BCUT2D eigenvalue weighted by atomic mass is 10.1. The summed E-state index contributed by atoms with van der Waals surface area (Å²) in [6, 6.07) is 5.37. The number of carbonyl (C=O) groups excluding carboxylic acids is 1. The van der Waals surface area contributed by atoms with Crippen molar-refractivity contribution in [2.24, 2.45) is 11.7 Å². The van der Waals surface area contributed by atoms with Crippen molar-refractivity contribution in [3.8, 4) is 0 Å². The minimum Gasteiger partial charge on any atom is -0.325 e. The Morgan fingerprint density at radius 1 is 1.32 bits per heavy atom. The molecule has 1 rings (SSSR count). The van der Waals surface area contributed by atoms with Crippen LogP contribution in [0, 0.1) is 5.92 Å². The summed E-state index contributed by atoms with van der Waals surface area (Å²) in [7, 11) is -2.20. The second kappa shape index (κ2) is 6.14. The first-order valence-electron chi connectivity index (χ1n) is 5.88. The summed E-state index contributed by atoms with van der Waals surface area (Å²) in [5.41, 5.74) is 6.12.